The summed E-state index contributed by atoms with van der Waals surface area (Å²) in [6, 6.07) is 13.3. The van der Waals surface area contributed by atoms with Crippen LogP contribution >= 0.6 is 0 Å². The number of halogens is 1. The lowest BCUT2D eigenvalue weighted by Crippen LogP contribution is -2.30. The minimum Gasteiger partial charge on any atom is -0.445 e. The zero-order chi connectivity index (χ0) is 18.2. The predicted octanol–water partition coefficient (Wildman–Crippen LogP) is 2.84. The third kappa shape index (κ3) is 5.85. The molecule has 1 amide bonds. The molecule has 3 N–H and O–H groups in total. The van der Waals surface area contributed by atoms with Gasteiger partial charge in [-0.1, -0.05) is 36.4 Å². The highest BCUT2D eigenvalue weighted by molar-refractivity contribution is 5.67. The zero-order valence-electron chi connectivity index (χ0n) is 14.0. The number of amides is 1. The van der Waals surface area contributed by atoms with Gasteiger partial charge in [-0.05, 0) is 42.2 Å². The van der Waals surface area contributed by atoms with Gasteiger partial charge in [-0.15, -0.1) is 0 Å². The number of alkyl carbamates (subject to hydrolysis) is 1. The Hall–Kier alpha value is -2.44. The molecule has 134 valence electrons. The van der Waals surface area contributed by atoms with E-state index in [1.165, 1.54) is 12.1 Å². The first-order chi connectivity index (χ1) is 12.0. The molecule has 0 spiro atoms. The molecule has 0 heterocycles. The highest BCUT2D eigenvalue weighted by Gasteiger charge is 2.20. The maximum atomic E-state index is 13.3. The number of aryl methyl sites for hydroxylation is 1. The van der Waals surface area contributed by atoms with E-state index >= 15 is 0 Å². The highest BCUT2D eigenvalue weighted by atomic mass is 19.1. The zero-order valence-corrected chi connectivity index (χ0v) is 14.0. The molecule has 0 aromatic heterocycles. The average Bonchev–Trinajstić information content (AvgIpc) is 2.62. The van der Waals surface area contributed by atoms with Crippen LogP contribution < -0.4 is 5.32 Å². The number of hydrogen-bond donors (Lipinski definition) is 3. The number of nitrogens with one attached hydrogen (secondary N) is 1. The molecule has 0 radical (unpaired) electrons. The van der Waals surface area contributed by atoms with Gasteiger partial charge in [0.05, 0.1) is 6.10 Å². The summed E-state index contributed by atoms with van der Waals surface area (Å²) in [4.78, 5) is 11.6. The van der Waals surface area contributed by atoms with Gasteiger partial charge in [0, 0.05) is 6.54 Å². The van der Waals surface area contributed by atoms with Crippen molar-refractivity contribution in [2.45, 2.75) is 32.2 Å². The lowest BCUT2D eigenvalue weighted by molar-refractivity contribution is 0.0131. The summed E-state index contributed by atoms with van der Waals surface area (Å²) in [6.45, 7) is 2.00. The fraction of sp³-hybridized carbons (Fsp3) is 0.316. The third-order valence-electron chi connectivity index (χ3n) is 3.85. The van der Waals surface area contributed by atoms with Crippen LogP contribution in [-0.2, 0) is 11.3 Å². The number of benzene rings is 2. The topological polar surface area (TPSA) is 78.8 Å². The molecule has 0 saturated carbocycles. The molecule has 0 saturated heterocycles. The van der Waals surface area contributed by atoms with Crippen LogP contribution in [0.1, 0.15) is 29.2 Å². The quantitative estimate of drug-likeness (QED) is 0.720. The molecule has 2 unspecified atom stereocenters. The molecule has 2 rings (SSSR count). The molecule has 6 heteroatoms. The number of ether oxygens (including phenoxy) is 1. The van der Waals surface area contributed by atoms with E-state index in [1.807, 2.05) is 30.3 Å². The second-order valence-electron chi connectivity index (χ2n) is 5.79. The van der Waals surface area contributed by atoms with Crippen molar-refractivity contribution in [3.8, 4) is 0 Å². The van der Waals surface area contributed by atoms with Gasteiger partial charge in [0.1, 0.15) is 18.5 Å². The smallest absolute Gasteiger partial charge is 0.407 e. The van der Waals surface area contributed by atoms with Crippen molar-refractivity contribution < 1.29 is 24.1 Å². The number of hydrogen-bond acceptors (Lipinski definition) is 4. The van der Waals surface area contributed by atoms with Crippen molar-refractivity contribution in [3.63, 3.8) is 0 Å². The second kappa shape index (κ2) is 9.15. The summed E-state index contributed by atoms with van der Waals surface area (Å²) < 4.78 is 18.3. The molecule has 2 atom stereocenters. The van der Waals surface area contributed by atoms with Crippen LogP contribution in [0.25, 0.3) is 0 Å². The van der Waals surface area contributed by atoms with Crippen molar-refractivity contribution in [1.82, 2.24) is 5.32 Å². The van der Waals surface area contributed by atoms with Crippen molar-refractivity contribution >= 4 is 6.09 Å². The highest BCUT2D eigenvalue weighted by Crippen LogP contribution is 2.23. The van der Waals surface area contributed by atoms with Gasteiger partial charge in [-0.2, -0.15) is 0 Å². The van der Waals surface area contributed by atoms with Crippen LogP contribution in [0.5, 0.6) is 0 Å². The first kappa shape index (κ1) is 18.9. The van der Waals surface area contributed by atoms with E-state index in [4.69, 9.17) is 4.74 Å². The summed E-state index contributed by atoms with van der Waals surface area (Å²) in [5.41, 5.74) is 1.89. The van der Waals surface area contributed by atoms with Gasteiger partial charge in [-0.25, -0.2) is 9.18 Å². The summed E-state index contributed by atoms with van der Waals surface area (Å²) in [6.07, 6.45) is -2.85. The molecule has 0 aliphatic rings. The lowest BCUT2D eigenvalue weighted by Gasteiger charge is -2.20. The molecule has 0 bridgehead atoms. The van der Waals surface area contributed by atoms with Crippen LogP contribution in [-0.4, -0.2) is 29.0 Å². The van der Waals surface area contributed by atoms with Gasteiger partial charge in [0.15, 0.2) is 0 Å². The molecule has 2 aromatic rings. The van der Waals surface area contributed by atoms with Crippen LogP contribution in [0, 0.1) is 12.7 Å². The van der Waals surface area contributed by atoms with Gasteiger partial charge in [0.2, 0.25) is 0 Å². The second-order valence-corrected chi connectivity index (χ2v) is 5.79. The maximum absolute atomic E-state index is 13.3. The standard InChI is InChI=1S/C19H22FNO4/c1-13-7-8-15(20)11-16(13)18(23)17(22)9-10-21-19(24)25-12-14-5-3-2-4-6-14/h2-8,11,17-18,22-23H,9-10,12H2,1H3,(H,21,24). The molecule has 25 heavy (non-hydrogen) atoms. The fourth-order valence-electron chi connectivity index (χ4n) is 2.39. The van der Waals surface area contributed by atoms with Crippen molar-refractivity contribution in [1.29, 1.82) is 0 Å². The molecule has 0 fully saturated rings. The number of carbonyl (C=O) groups excluding carboxylic acids is 1. The average molecular weight is 347 g/mol. The first-order valence-electron chi connectivity index (χ1n) is 8.04. The van der Waals surface area contributed by atoms with E-state index in [1.54, 1.807) is 13.0 Å². The van der Waals surface area contributed by atoms with Gasteiger partial charge < -0.3 is 20.3 Å². The Balaban J connectivity index is 1.75. The van der Waals surface area contributed by atoms with Gasteiger partial charge in [0.25, 0.3) is 0 Å². The molecular weight excluding hydrogens is 325 g/mol. The predicted molar refractivity (Wildman–Crippen MR) is 91.4 cm³/mol. The summed E-state index contributed by atoms with van der Waals surface area (Å²) in [5, 5.41) is 22.7. The van der Waals surface area contributed by atoms with E-state index in [-0.39, 0.29) is 19.6 Å². The van der Waals surface area contributed by atoms with E-state index in [2.05, 4.69) is 5.32 Å². The van der Waals surface area contributed by atoms with Crippen LogP contribution in [0.3, 0.4) is 0 Å². The molecule has 5 nitrogen and oxygen atoms in total. The molecule has 0 aliphatic carbocycles. The third-order valence-corrected chi connectivity index (χ3v) is 3.85. The Kier molecular flexibility index (Phi) is 6.91. The number of aliphatic hydroxyl groups is 2. The van der Waals surface area contributed by atoms with E-state index in [0.29, 0.717) is 11.1 Å². The largest absolute Gasteiger partial charge is 0.445 e. The Bertz CT molecular complexity index is 693. The number of carbonyl (C=O) groups is 1. The molecule has 2 aromatic carbocycles. The van der Waals surface area contributed by atoms with Crippen molar-refractivity contribution in [3.05, 3.63) is 71.0 Å². The lowest BCUT2D eigenvalue weighted by atomic mass is 9.98. The van der Waals surface area contributed by atoms with Gasteiger partial charge >= 0.3 is 6.09 Å². The minimum atomic E-state index is -1.22. The Morgan fingerprint density at radius 1 is 1.20 bits per heavy atom. The van der Waals surface area contributed by atoms with Crippen LogP contribution in [0.4, 0.5) is 9.18 Å². The van der Waals surface area contributed by atoms with E-state index in [0.717, 1.165) is 5.56 Å². The number of aliphatic hydroxyl groups excluding tert-OH is 2. The van der Waals surface area contributed by atoms with Crippen LogP contribution in [0.15, 0.2) is 48.5 Å². The summed E-state index contributed by atoms with van der Waals surface area (Å²) >= 11 is 0. The summed E-state index contributed by atoms with van der Waals surface area (Å²) in [5.74, 6) is -0.477. The normalized spacial score (nSPS) is 13.1. The maximum Gasteiger partial charge on any atom is 0.407 e. The minimum absolute atomic E-state index is 0.109. The Morgan fingerprint density at radius 2 is 1.92 bits per heavy atom. The van der Waals surface area contributed by atoms with E-state index in [9.17, 15) is 19.4 Å². The Morgan fingerprint density at radius 3 is 2.64 bits per heavy atom. The molecular formula is C19H22FNO4. The molecule has 0 aliphatic heterocycles. The van der Waals surface area contributed by atoms with Crippen LogP contribution in [0.2, 0.25) is 0 Å². The van der Waals surface area contributed by atoms with E-state index < -0.39 is 24.1 Å². The van der Waals surface area contributed by atoms with Crippen molar-refractivity contribution in [2.24, 2.45) is 0 Å². The van der Waals surface area contributed by atoms with Crippen molar-refractivity contribution in [2.75, 3.05) is 6.54 Å². The number of rotatable bonds is 7. The van der Waals surface area contributed by atoms with Gasteiger partial charge in [-0.3, -0.25) is 0 Å². The first-order valence-corrected chi connectivity index (χ1v) is 8.04. The SMILES string of the molecule is Cc1ccc(F)cc1C(O)C(O)CCNC(=O)OCc1ccccc1. The summed E-state index contributed by atoms with van der Waals surface area (Å²) in [7, 11) is 0. The Labute approximate surface area is 146 Å². The fourth-order valence-corrected chi connectivity index (χ4v) is 2.39. The monoisotopic (exact) mass is 347 g/mol.